The summed E-state index contributed by atoms with van der Waals surface area (Å²) in [6.07, 6.45) is 3.68. The van der Waals surface area contributed by atoms with Gasteiger partial charge in [0.15, 0.2) is 5.13 Å². The largest absolute Gasteiger partial charge is 0.444 e. The summed E-state index contributed by atoms with van der Waals surface area (Å²) in [6, 6.07) is 6.06. The summed E-state index contributed by atoms with van der Waals surface area (Å²) >= 11 is 14.9. The van der Waals surface area contributed by atoms with Crippen molar-refractivity contribution in [2.45, 2.75) is 42.6 Å². The van der Waals surface area contributed by atoms with Gasteiger partial charge in [-0.25, -0.2) is 15.0 Å². The highest BCUT2D eigenvalue weighted by Gasteiger charge is 2.20. The van der Waals surface area contributed by atoms with Crippen LogP contribution >= 0.6 is 46.3 Å². The number of carbonyl (C=O) groups is 1. The second kappa shape index (κ2) is 12.1. The fraction of sp³-hybridized carbons (Fsp3) is 0.440. The minimum absolute atomic E-state index is 0.0754. The first kappa shape index (κ1) is 27.8. The van der Waals surface area contributed by atoms with Crippen molar-refractivity contribution in [3.63, 3.8) is 0 Å². The molecule has 0 radical (unpaired) electrons. The maximum absolute atomic E-state index is 12.8. The molecule has 198 valence electrons. The molecule has 0 saturated heterocycles. The number of benzene rings is 1. The minimum atomic E-state index is -0.169. The lowest BCUT2D eigenvalue weighted by atomic mass is 9.94. The van der Waals surface area contributed by atoms with E-state index in [9.17, 15) is 4.79 Å². The van der Waals surface area contributed by atoms with Crippen LogP contribution in [0.3, 0.4) is 0 Å². The summed E-state index contributed by atoms with van der Waals surface area (Å²) in [7, 11) is 1.92. The van der Waals surface area contributed by atoms with E-state index >= 15 is 0 Å². The number of alkyl halides is 2. The van der Waals surface area contributed by atoms with E-state index < -0.39 is 0 Å². The first-order valence-electron chi connectivity index (χ1n) is 11.8. The Labute approximate surface area is 234 Å². The number of hydrogen-bond donors (Lipinski definition) is 1. The van der Waals surface area contributed by atoms with Gasteiger partial charge in [-0.15, -0.1) is 35.0 Å². The number of nitrogens with zero attached hydrogens (tertiary/aromatic N) is 5. The van der Waals surface area contributed by atoms with Crippen molar-refractivity contribution in [1.29, 1.82) is 0 Å². The number of carbonyl (C=O) groups excluding carboxylic acids is 1. The Morgan fingerprint density at radius 2 is 1.95 bits per heavy atom. The van der Waals surface area contributed by atoms with Crippen LogP contribution in [0.4, 0.5) is 10.8 Å². The Hall–Kier alpha value is -2.27. The van der Waals surface area contributed by atoms with Crippen molar-refractivity contribution in [3.8, 4) is 0 Å². The van der Waals surface area contributed by atoms with E-state index in [4.69, 9.17) is 32.6 Å². The third-order valence-corrected chi connectivity index (χ3v) is 8.14. The molecule has 12 heteroatoms. The maximum Gasteiger partial charge on any atom is 0.233 e. The summed E-state index contributed by atoms with van der Waals surface area (Å²) in [4.78, 5) is 28.3. The van der Waals surface area contributed by atoms with Crippen molar-refractivity contribution >= 4 is 74.1 Å². The highest BCUT2D eigenvalue weighted by atomic mass is 35.5. The standard InChI is InChI=1S/C25H30Cl2N6O2S2/c1-25(2,3)19-13-28-22(35-19)15-36-23-14-29-24(37-23)31-21(34)12-20-30-17-11-16(5-6-18(17)32(20)4)33(9-7-26)10-8-27/h5-6,11,13-14H,7-10,12,15H2,1-4H3,(H,29,31,34). The predicted molar refractivity (Wildman–Crippen MR) is 154 cm³/mol. The minimum Gasteiger partial charge on any atom is -0.444 e. The van der Waals surface area contributed by atoms with Gasteiger partial charge in [0.1, 0.15) is 11.6 Å². The Kier molecular flexibility index (Phi) is 9.05. The van der Waals surface area contributed by atoms with Gasteiger partial charge in [0.25, 0.3) is 0 Å². The normalized spacial score (nSPS) is 11.8. The van der Waals surface area contributed by atoms with E-state index in [1.54, 1.807) is 24.2 Å². The van der Waals surface area contributed by atoms with Crippen LogP contribution in [0.1, 0.15) is 38.2 Å². The summed E-state index contributed by atoms with van der Waals surface area (Å²) in [5.74, 6) is 3.66. The number of hydrogen-bond acceptors (Lipinski definition) is 8. The van der Waals surface area contributed by atoms with Gasteiger partial charge in [-0.1, -0.05) is 32.1 Å². The van der Waals surface area contributed by atoms with Gasteiger partial charge in [0, 0.05) is 43.0 Å². The average Bonchev–Trinajstić information content (AvgIpc) is 3.57. The molecule has 0 atom stereocenters. The van der Waals surface area contributed by atoms with Crippen molar-refractivity contribution in [3.05, 3.63) is 48.1 Å². The Morgan fingerprint density at radius 3 is 2.62 bits per heavy atom. The van der Waals surface area contributed by atoms with Crippen molar-refractivity contribution in [2.75, 3.05) is 35.1 Å². The molecular weight excluding hydrogens is 551 g/mol. The van der Waals surface area contributed by atoms with E-state index in [2.05, 4.69) is 41.0 Å². The van der Waals surface area contributed by atoms with E-state index in [1.165, 1.54) is 11.3 Å². The molecule has 0 bridgehead atoms. The first-order valence-corrected chi connectivity index (χ1v) is 14.7. The average molecular weight is 582 g/mol. The molecule has 3 heterocycles. The molecule has 8 nitrogen and oxygen atoms in total. The van der Waals surface area contributed by atoms with Gasteiger partial charge in [0.05, 0.1) is 39.8 Å². The van der Waals surface area contributed by atoms with E-state index in [0.29, 0.717) is 47.4 Å². The van der Waals surface area contributed by atoms with E-state index in [-0.39, 0.29) is 17.7 Å². The molecule has 1 N–H and O–H groups in total. The molecule has 1 amide bonds. The molecule has 4 aromatic rings. The first-order chi connectivity index (χ1) is 17.7. The SMILES string of the molecule is Cn1c(CC(=O)Nc2ncc(SCc3ncc(C(C)(C)C)o3)s2)nc2cc(N(CCCl)CCCl)ccc21. The van der Waals surface area contributed by atoms with Gasteiger partial charge >= 0.3 is 0 Å². The Bertz CT molecular complexity index is 1350. The summed E-state index contributed by atoms with van der Waals surface area (Å²) in [5.41, 5.74) is 2.71. The molecule has 37 heavy (non-hydrogen) atoms. The van der Waals surface area contributed by atoms with Gasteiger partial charge in [-0.05, 0) is 18.2 Å². The molecule has 1 aromatic carbocycles. The molecule has 3 aromatic heterocycles. The van der Waals surface area contributed by atoms with Gasteiger partial charge in [-0.3, -0.25) is 4.79 Å². The van der Waals surface area contributed by atoms with Gasteiger partial charge in [0.2, 0.25) is 11.8 Å². The Morgan fingerprint density at radius 1 is 1.19 bits per heavy atom. The van der Waals surface area contributed by atoms with Crippen LogP contribution in [0.25, 0.3) is 11.0 Å². The second-order valence-electron chi connectivity index (χ2n) is 9.49. The topological polar surface area (TPSA) is 89.1 Å². The predicted octanol–water partition coefficient (Wildman–Crippen LogP) is 6.07. The molecule has 0 aliphatic carbocycles. The van der Waals surface area contributed by atoms with Crippen LogP contribution in [0, 0.1) is 0 Å². The van der Waals surface area contributed by atoms with Gasteiger partial charge in [-0.2, -0.15) is 0 Å². The maximum atomic E-state index is 12.8. The van der Waals surface area contributed by atoms with Gasteiger partial charge < -0.3 is 19.2 Å². The number of imidazole rings is 1. The number of anilines is 2. The highest BCUT2D eigenvalue weighted by molar-refractivity contribution is 8.00. The van der Waals surface area contributed by atoms with E-state index in [1.807, 2.05) is 29.8 Å². The number of aromatic nitrogens is 4. The molecule has 0 unspecified atom stereocenters. The van der Waals surface area contributed by atoms with Crippen molar-refractivity contribution in [1.82, 2.24) is 19.5 Å². The highest BCUT2D eigenvalue weighted by Crippen LogP contribution is 2.32. The lowest BCUT2D eigenvalue weighted by Crippen LogP contribution is -2.27. The molecule has 0 spiro atoms. The smallest absolute Gasteiger partial charge is 0.233 e. The Balaban J connectivity index is 1.37. The summed E-state index contributed by atoms with van der Waals surface area (Å²) in [6.45, 7) is 7.67. The van der Waals surface area contributed by atoms with Crippen LogP contribution in [-0.2, 0) is 29.4 Å². The molecule has 4 rings (SSSR count). The van der Waals surface area contributed by atoms with Crippen LogP contribution in [0.2, 0.25) is 0 Å². The number of aryl methyl sites for hydroxylation is 1. The fourth-order valence-electron chi connectivity index (χ4n) is 3.71. The number of amides is 1. The lowest BCUT2D eigenvalue weighted by Gasteiger charge is -2.22. The van der Waals surface area contributed by atoms with Crippen LogP contribution in [0.15, 0.2) is 39.2 Å². The number of rotatable bonds is 11. The third kappa shape index (κ3) is 6.98. The number of thioether (sulfide) groups is 1. The third-order valence-electron chi connectivity index (χ3n) is 5.71. The second-order valence-corrected chi connectivity index (χ2v) is 12.6. The van der Waals surface area contributed by atoms with E-state index in [0.717, 1.165) is 26.7 Å². The number of oxazole rings is 1. The van der Waals surface area contributed by atoms with Crippen LogP contribution in [-0.4, -0.2) is 50.3 Å². The monoisotopic (exact) mass is 580 g/mol. The number of thiazole rings is 1. The zero-order valence-electron chi connectivity index (χ0n) is 21.3. The quantitative estimate of drug-likeness (QED) is 0.170. The molecule has 0 aliphatic rings. The number of nitrogens with one attached hydrogen (secondary N) is 1. The molecular formula is C25H30Cl2N6O2S2. The molecule has 0 saturated carbocycles. The summed E-state index contributed by atoms with van der Waals surface area (Å²) < 4.78 is 8.76. The lowest BCUT2D eigenvalue weighted by molar-refractivity contribution is -0.115. The zero-order chi connectivity index (χ0) is 26.6. The fourth-order valence-corrected chi connectivity index (χ4v) is 5.86. The zero-order valence-corrected chi connectivity index (χ0v) is 24.4. The molecule has 0 aliphatic heterocycles. The van der Waals surface area contributed by atoms with Crippen LogP contribution in [0.5, 0.6) is 0 Å². The number of fused-ring (bicyclic) bond motifs is 1. The van der Waals surface area contributed by atoms with Crippen LogP contribution < -0.4 is 10.2 Å². The summed E-state index contributed by atoms with van der Waals surface area (Å²) in [5, 5.41) is 3.44. The number of halogens is 2. The van der Waals surface area contributed by atoms with Crippen molar-refractivity contribution < 1.29 is 9.21 Å². The molecule has 0 fully saturated rings. The van der Waals surface area contributed by atoms with Crippen molar-refractivity contribution in [2.24, 2.45) is 7.05 Å².